The van der Waals surface area contributed by atoms with E-state index < -0.39 is 5.51 Å². The van der Waals surface area contributed by atoms with E-state index in [0.717, 1.165) is 33.1 Å². The maximum absolute atomic E-state index is 5.24. The average molecular weight is 584 g/mol. The van der Waals surface area contributed by atoms with Crippen LogP contribution in [0.25, 0.3) is 49.3 Å². The molecule has 1 unspecified atom stereocenters. The van der Waals surface area contributed by atoms with Gasteiger partial charge in [-0.2, -0.15) is 0 Å². The number of rotatable bonds is 3. The molecule has 4 heterocycles. The van der Waals surface area contributed by atoms with Crippen LogP contribution < -0.4 is 15.9 Å². The molecular weight excluding hydrogens is 564 g/mol. The minimum atomic E-state index is -2.28. The Morgan fingerprint density at radius 2 is 1.46 bits per heavy atom. The number of hydrogen-bond donors (Lipinski definition) is 0. The van der Waals surface area contributed by atoms with Crippen molar-refractivity contribution in [2.24, 2.45) is 0 Å². The fourth-order valence-corrected chi connectivity index (χ4v) is 11.0. The predicted molar refractivity (Wildman–Crippen MR) is 163 cm³/mol. The first-order valence-corrected chi connectivity index (χ1v) is 16.7. The van der Waals surface area contributed by atoms with E-state index in [9.17, 15) is 0 Å². The Morgan fingerprint density at radius 1 is 0.667 bits per heavy atom. The SMILES string of the molecule is [Se]=P(c1ccncc1)(c1ccc2cncnc2c1)c1cccc2c3ccccc3n3c4ccccc4nc3c12. The summed E-state index contributed by atoms with van der Waals surface area (Å²) >= 11 is 3.75. The summed E-state index contributed by atoms with van der Waals surface area (Å²) in [6, 6.07) is 34.5. The molecule has 0 fully saturated rings. The molecule has 0 amide bonds. The summed E-state index contributed by atoms with van der Waals surface area (Å²) in [7, 11) is 0. The maximum atomic E-state index is 5.24. The van der Waals surface area contributed by atoms with Crippen LogP contribution in [0.5, 0.6) is 0 Å². The monoisotopic (exact) mass is 585 g/mol. The summed E-state index contributed by atoms with van der Waals surface area (Å²) in [5.41, 5.74) is 2.87. The first-order valence-electron chi connectivity index (χ1n) is 12.7. The van der Waals surface area contributed by atoms with Gasteiger partial charge in [-0.1, -0.05) is 0 Å². The van der Waals surface area contributed by atoms with Gasteiger partial charge in [0.15, 0.2) is 0 Å². The van der Waals surface area contributed by atoms with Crippen molar-refractivity contribution in [3.05, 3.63) is 122 Å². The number of imidazole rings is 1. The van der Waals surface area contributed by atoms with Gasteiger partial charge in [0.05, 0.1) is 0 Å². The molecular formula is C32H20N5PSe. The molecule has 5 nitrogen and oxygen atoms in total. The third-order valence-corrected chi connectivity index (χ3v) is 14.5. The minimum absolute atomic E-state index is 0.929. The van der Waals surface area contributed by atoms with Gasteiger partial charge in [-0.25, -0.2) is 0 Å². The fourth-order valence-electron chi connectivity index (χ4n) is 5.74. The van der Waals surface area contributed by atoms with E-state index in [4.69, 9.17) is 4.98 Å². The van der Waals surface area contributed by atoms with E-state index in [0.29, 0.717) is 0 Å². The third kappa shape index (κ3) is 3.30. The number of hydrogen-bond acceptors (Lipinski definition) is 4. The van der Waals surface area contributed by atoms with Crippen LogP contribution >= 0.6 is 5.51 Å². The molecule has 4 aromatic carbocycles. The average Bonchev–Trinajstić information content (AvgIpc) is 3.41. The predicted octanol–water partition coefficient (Wildman–Crippen LogP) is 5.51. The summed E-state index contributed by atoms with van der Waals surface area (Å²) in [6.07, 6.45) is 7.23. The summed E-state index contributed by atoms with van der Waals surface area (Å²) in [5.74, 6) is 0. The zero-order chi connectivity index (χ0) is 26.0. The zero-order valence-electron chi connectivity index (χ0n) is 20.6. The van der Waals surface area contributed by atoms with Gasteiger partial charge in [0.2, 0.25) is 0 Å². The first-order chi connectivity index (χ1) is 19.2. The molecule has 7 heteroatoms. The molecule has 1 atom stereocenters. The van der Waals surface area contributed by atoms with Gasteiger partial charge in [0, 0.05) is 0 Å². The van der Waals surface area contributed by atoms with E-state index in [1.165, 1.54) is 32.1 Å². The topological polar surface area (TPSA) is 56.0 Å². The Hall–Kier alpha value is -4.21. The van der Waals surface area contributed by atoms with Gasteiger partial charge in [-0.05, 0) is 0 Å². The van der Waals surface area contributed by atoms with E-state index in [1.807, 2.05) is 18.6 Å². The van der Waals surface area contributed by atoms with E-state index >= 15 is 0 Å². The Kier molecular flexibility index (Phi) is 5.05. The molecule has 0 spiro atoms. The second-order valence-electron chi connectivity index (χ2n) is 9.56. The number of fused-ring (bicyclic) bond motifs is 9. The molecule has 4 aromatic heterocycles. The molecule has 39 heavy (non-hydrogen) atoms. The molecule has 0 aliphatic rings. The van der Waals surface area contributed by atoms with Crippen LogP contribution in [0.4, 0.5) is 0 Å². The van der Waals surface area contributed by atoms with Crippen molar-refractivity contribution in [2.45, 2.75) is 0 Å². The van der Waals surface area contributed by atoms with E-state index in [1.54, 1.807) is 6.33 Å². The quantitative estimate of drug-likeness (QED) is 0.156. The molecule has 8 aromatic rings. The summed E-state index contributed by atoms with van der Waals surface area (Å²) < 4.78 is 2.32. The van der Waals surface area contributed by atoms with E-state index in [-0.39, 0.29) is 0 Å². The molecule has 0 aliphatic carbocycles. The molecule has 8 rings (SSSR count). The van der Waals surface area contributed by atoms with Crippen LogP contribution in [0.1, 0.15) is 0 Å². The first kappa shape index (κ1) is 22.7. The molecule has 0 aliphatic heterocycles. The van der Waals surface area contributed by atoms with Gasteiger partial charge in [0.25, 0.3) is 0 Å². The van der Waals surface area contributed by atoms with E-state index in [2.05, 4.69) is 132 Å². The van der Waals surface area contributed by atoms with Crippen molar-refractivity contribution < 1.29 is 0 Å². The molecule has 0 bridgehead atoms. The standard InChI is InChI=1S/C32H20N5PSe/c39-38(22-14-16-33-17-15-22,23-13-12-21-19-34-20-35-27(21)18-23)30-11-5-7-25-24-6-1-3-9-28(24)37-29-10-4-2-8-26(29)36-32(37)31(25)30/h1-20H. The second kappa shape index (κ2) is 8.65. The van der Waals surface area contributed by atoms with Crippen LogP contribution in [-0.2, 0) is 0 Å². The number of benzene rings is 4. The Morgan fingerprint density at radius 3 is 2.36 bits per heavy atom. The van der Waals surface area contributed by atoms with Crippen LogP contribution in [0, 0.1) is 0 Å². The molecule has 0 N–H and O–H groups in total. The number of aromatic nitrogens is 5. The second-order valence-corrected chi connectivity index (χ2v) is 15.7. The number of pyridine rings is 2. The van der Waals surface area contributed by atoms with Gasteiger partial charge in [0.1, 0.15) is 0 Å². The van der Waals surface area contributed by atoms with Crippen LogP contribution in [0.2, 0.25) is 0 Å². The van der Waals surface area contributed by atoms with Crippen molar-refractivity contribution in [1.82, 2.24) is 24.3 Å². The summed E-state index contributed by atoms with van der Waals surface area (Å²) in [6.45, 7) is 0. The van der Waals surface area contributed by atoms with Crippen LogP contribution in [0.3, 0.4) is 0 Å². The summed E-state index contributed by atoms with van der Waals surface area (Å²) in [5, 5.41) is 8.24. The normalized spacial score (nSPS) is 13.4. The third-order valence-electron chi connectivity index (χ3n) is 7.48. The number of para-hydroxylation sites is 3. The van der Waals surface area contributed by atoms with Gasteiger partial charge >= 0.3 is 232 Å². The van der Waals surface area contributed by atoms with Gasteiger partial charge < -0.3 is 0 Å². The summed E-state index contributed by atoms with van der Waals surface area (Å²) in [4.78, 5) is 18.4. The van der Waals surface area contributed by atoms with Crippen LogP contribution in [-0.4, -0.2) is 39.4 Å². The van der Waals surface area contributed by atoms with Crippen molar-refractivity contribution in [1.29, 1.82) is 0 Å². The molecule has 184 valence electrons. The fraction of sp³-hybridized carbons (Fsp3) is 0. The van der Waals surface area contributed by atoms with Crippen molar-refractivity contribution in [3.8, 4) is 0 Å². The Labute approximate surface area is 231 Å². The van der Waals surface area contributed by atoms with Gasteiger partial charge in [-0.3, -0.25) is 0 Å². The number of nitrogens with zero attached hydrogens (tertiary/aromatic N) is 5. The Bertz CT molecular complexity index is 2280. The van der Waals surface area contributed by atoms with Crippen molar-refractivity contribution >= 4 is 85.8 Å². The molecule has 0 saturated carbocycles. The zero-order valence-corrected chi connectivity index (χ0v) is 23.2. The van der Waals surface area contributed by atoms with Crippen molar-refractivity contribution in [3.63, 3.8) is 0 Å². The van der Waals surface area contributed by atoms with Crippen molar-refractivity contribution in [2.75, 3.05) is 0 Å². The Balaban J connectivity index is 1.59. The molecule has 0 saturated heterocycles. The molecule has 0 radical (unpaired) electrons. The van der Waals surface area contributed by atoms with Crippen LogP contribution in [0.15, 0.2) is 122 Å². The van der Waals surface area contributed by atoms with Gasteiger partial charge in [-0.15, -0.1) is 0 Å².